The number of hydrogen-bond donors (Lipinski definition) is 3. The minimum atomic E-state index is -0.762. The number of aryl methyl sites for hydroxylation is 1. The molecular weight excluding hydrogens is 344 g/mol. The molecule has 4 aliphatic carbocycles. The summed E-state index contributed by atoms with van der Waals surface area (Å²) < 4.78 is 0. The molecule has 4 N–H and O–H groups in total. The summed E-state index contributed by atoms with van der Waals surface area (Å²) in [6.45, 7) is 9.85. The topological polar surface area (TPSA) is 75.3 Å². The molecule has 0 amide bonds. The average Bonchev–Trinajstić information content (AvgIpc) is 2.92. The maximum Gasteiger partial charge on any atom is 0.337 e. The molecule has 0 radical (unpaired) electrons. The molecule has 0 aromatic carbocycles. The highest BCUT2D eigenvalue weighted by Gasteiger charge is 2.54. The highest BCUT2D eigenvalue weighted by Crippen LogP contribution is 2.64. The van der Waals surface area contributed by atoms with Gasteiger partial charge in [0.2, 0.25) is 0 Å². The Bertz CT molecular complexity index is 803. The number of thiophene rings is 1. The van der Waals surface area contributed by atoms with E-state index in [1.54, 1.807) is 11.3 Å². The molecule has 2 atom stereocenters. The predicted octanol–water partition coefficient (Wildman–Crippen LogP) is 4.24. The van der Waals surface area contributed by atoms with E-state index < -0.39 is 5.97 Å². The standard InChI is InChI=1S/C21H30N2O2S/c1-20(2)6-5-15-13(9-20)17(19(24)25)18(26-15)16-11(10-23-22)7-12-8-14(16)21(12,3)4/h12,14,23H,5-10,22H2,1-4H3,(H,24,25). The Morgan fingerprint density at radius 3 is 2.69 bits per heavy atom. The number of fused-ring (bicyclic) bond motifs is 2. The molecule has 2 bridgehead atoms. The highest BCUT2D eigenvalue weighted by molar-refractivity contribution is 7.13. The number of aromatic carboxylic acids is 1. The van der Waals surface area contributed by atoms with Gasteiger partial charge in [-0.1, -0.05) is 27.7 Å². The number of rotatable bonds is 4. The van der Waals surface area contributed by atoms with Crippen LogP contribution in [0.1, 0.15) is 72.6 Å². The minimum Gasteiger partial charge on any atom is -0.478 e. The molecular formula is C21H30N2O2S. The molecule has 5 rings (SSSR count). The van der Waals surface area contributed by atoms with Crippen molar-refractivity contribution >= 4 is 22.9 Å². The van der Waals surface area contributed by atoms with E-state index in [1.165, 1.54) is 22.4 Å². The quantitative estimate of drug-likeness (QED) is 0.544. The first-order valence-corrected chi connectivity index (χ1v) is 10.5. The number of nitrogens with two attached hydrogens (primary N) is 1. The lowest BCUT2D eigenvalue weighted by atomic mass is 9.47. The van der Waals surface area contributed by atoms with Crippen LogP contribution < -0.4 is 11.3 Å². The zero-order valence-corrected chi connectivity index (χ0v) is 17.1. The summed E-state index contributed by atoms with van der Waals surface area (Å²) in [5.41, 5.74) is 7.57. The molecule has 4 aliphatic rings. The Hall–Kier alpha value is -1.17. The molecule has 0 saturated heterocycles. The van der Waals surface area contributed by atoms with Crippen LogP contribution in [0, 0.1) is 22.7 Å². The SMILES string of the molecule is CC1(C)CCc2sc(C3=C(CNN)CC4CC3C4(C)C)c(C(=O)O)c2C1. The Morgan fingerprint density at radius 2 is 2.08 bits per heavy atom. The van der Waals surface area contributed by atoms with Gasteiger partial charge in [-0.3, -0.25) is 11.3 Å². The van der Waals surface area contributed by atoms with Crippen molar-refractivity contribution in [1.82, 2.24) is 5.43 Å². The largest absolute Gasteiger partial charge is 0.478 e. The van der Waals surface area contributed by atoms with E-state index in [2.05, 4.69) is 33.1 Å². The third-order valence-corrected chi connectivity index (χ3v) is 8.57. The van der Waals surface area contributed by atoms with Crippen molar-refractivity contribution in [2.24, 2.45) is 28.5 Å². The van der Waals surface area contributed by atoms with Crippen LogP contribution in [-0.4, -0.2) is 17.6 Å². The van der Waals surface area contributed by atoms with Gasteiger partial charge in [-0.05, 0) is 71.5 Å². The van der Waals surface area contributed by atoms with Gasteiger partial charge in [0.1, 0.15) is 0 Å². The molecule has 26 heavy (non-hydrogen) atoms. The number of nitrogens with one attached hydrogen (secondary N) is 1. The molecule has 0 spiro atoms. The smallest absolute Gasteiger partial charge is 0.337 e. The van der Waals surface area contributed by atoms with Gasteiger partial charge < -0.3 is 5.11 Å². The van der Waals surface area contributed by atoms with Crippen molar-refractivity contribution in [1.29, 1.82) is 0 Å². The van der Waals surface area contributed by atoms with Crippen LogP contribution in [0.5, 0.6) is 0 Å². The van der Waals surface area contributed by atoms with E-state index in [1.807, 2.05) is 0 Å². The van der Waals surface area contributed by atoms with E-state index in [0.29, 0.717) is 23.9 Å². The van der Waals surface area contributed by atoms with Crippen molar-refractivity contribution in [3.05, 3.63) is 26.5 Å². The second-order valence-corrected chi connectivity index (χ2v) is 10.9. The van der Waals surface area contributed by atoms with E-state index in [4.69, 9.17) is 5.84 Å². The normalized spacial score (nSPS) is 28.5. The van der Waals surface area contributed by atoms with Crippen LogP contribution in [0.4, 0.5) is 0 Å². The molecule has 0 aliphatic heterocycles. The third kappa shape index (κ3) is 2.59. The summed E-state index contributed by atoms with van der Waals surface area (Å²) in [6, 6.07) is 0. The molecule has 4 nitrogen and oxygen atoms in total. The van der Waals surface area contributed by atoms with Gasteiger partial charge >= 0.3 is 5.97 Å². The fourth-order valence-electron chi connectivity index (χ4n) is 5.45. The van der Waals surface area contributed by atoms with Crippen molar-refractivity contribution in [2.75, 3.05) is 6.54 Å². The second kappa shape index (κ2) is 5.91. The van der Waals surface area contributed by atoms with Crippen LogP contribution >= 0.6 is 11.3 Å². The van der Waals surface area contributed by atoms with Gasteiger partial charge in [0.05, 0.1) is 5.56 Å². The Labute approximate surface area is 159 Å². The summed E-state index contributed by atoms with van der Waals surface area (Å²) in [5.74, 6) is 6.05. The second-order valence-electron chi connectivity index (χ2n) is 9.76. The first kappa shape index (κ1) is 18.2. The maximum atomic E-state index is 12.3. The molecule has 1 saturated carbocycles. The summed E-state index contributed by atoms with van der Waals surface area (Å²) >= 11 is 1.75. The molecule has 142 valence electrons. The van der Waals surface area contributed by atoms with Crippen molar-refractivity contribution in [2.45, 2.75) is 59.8 Å². The monoisotopic (exact) mass is 374 g/mol. The summed E-state index contributed by atoms with van der Waals surface area (Å²) in [4.78, 5) is 14.6. The summed E-state index contributed by atoms with van der Waals surface area (Å²) in [7, 11) is 0. The van der Waals surface area contributed by atoms with Gasteiger partial charge in [0.25, 0.3) is 0 Å². The molecule has 1 aromatic rings. The number of carboxylic acid groups (broad SMARTS) is 1. The van der Waals surface area contributed by atoms with Gasteiger partial charge in [-0.15, -0.1) is 11.3 Å². The number of allylic oxidation sites excluding steroid dienone is 1. The highest BCUT2D eigenvalue weighted by atomic mass is 32.1. The van der Waals surface area contributed by atoms with Crippen LogP contribution in [-0.2, 0) is 12.8 Å². The lowest BCUT2D eigenvalue weighted by molar-refractivity contribution is 0.00716. The fraction of sp³-hybridized carbons (Fsp3) is 0.667. The van der Waals surface area contributed by atoms with Crippen molar-refractivity contribution in [3.63, 3.8) is 0 Å². The van der Waals surface area contributed by atoms with Crippen LogP contribution in [0.3, 0.4) is 0 Å². The lowest BCUT2D eigenvalue weighted by Gasteiger charge is -2.58. The number of hydrazine groups is 1. The molecule has 1 aromatic heterocycles. The minimum absolute atomic E-state index is 0.180. The molecule has 1 heterocycles. The lowest BCUT2D eigenvalue weighted by Crippen LogP contribution is -2.49. The van der Waals surface area contributed by atoms with E-state index in [-0.39, 0.29) is 10.8 Å². The zero-order chi connectivity index (χ0) is 18.9. The Balaban J connectivity index is 1.89. The van der Waals surface area contributed by atoms with Crippen LogP contribution in [0.25, 0.3) is 5.57 Å². The fourth-order valence-corrected chi connectivity index (χ4v) is 6.91. The maximum absolute atomic E-state index is 12.3. The van der Waals surface area contributed by atoms with Gasteiger partial charge in [0, 0.05) is 16.3 Å². The van der Waals surface area contributed by atoms with Crippen LogP contribution in [0.2, 0.25) is 0 Å². The van der Waals surface area contributed by atoms with Crippen molar-refractivity contribution in [3.8, 4) is 0 Å². The number of hydrogen-bond acceptors (Lipinski definition) is 4. The van der Waals surface area contributed by atoms with Crippen molar-refractivity contribution < 1.29 is 9.90 Å². The molecule has 1 fully saturated rings. The molecule has 2 unspecified atom stereocenters. The number of carboxylic acids is 1. The summed E-state index contributed by atoms with van der Waals surface area (Å²) in [5, 5.41) is 10.1. The van der Waals surface area contributed by atoms with Gasteiger partial charge in [0.15, 0.2) is 0 Å². The van der Waals surface area contributed by atoms with Gasteiger partial charge in [-0.2, -0.15) is 0 Å². The Morgan fingerprint density at radius 1 is 1.35 bits per heavy atom. The zero-order valence-electron chi connectivity index (χ0n) is 16.2. The van der Waals surface area contributed by atoms with Crippen LogP contribution in [0.15, 0.2) is 5.57 Å². The average molecular weight is 375 g/mol. The van der Waals surface area contributed by atoms with E-state index in [0.717, 1.165) is 36.1 Å². The van der Waals surface area contributed by atoms with Gasteiger partial charge in [-0.25, -0.2) is 4.79 Å². The van der Waals surface area contributed by atoms with E-state index >= 15 is 0 Å². The first-order valence-electron chi connectivity index (χ1n) is 9.69. The summed E-state index contributed by atoms with van der Waals surface area (Å²) in [6.07, 6.45) is 5.22. The molecule has 5 heteroatoms. The first-order chi connectivity index (χ1) is 12.2. The Kier molecular flexibility index (Phi) is 4.14. The number of carbonyl (C=O) groups is 1. The third-order valence-electron chi connectivity index (χ3n) is 7.24. The predicted molar refractivity (Wildman–Crippen MR) is 106 cm³/mol. The van der Waals surface area contributed by atoms with E-state index in [9.17, 15) is 9.90 Å².